The Morgan fingerprint density at radius 3 is 2.83 bits per heavy atom. The number of amides is 1. The summed E-state index contributed by atoms with van der Waals surface area (Å²) in [5.41, 5.74) is 1.28. The summed E-state index contributed by atoms with van der Waals surface area (Å²) < 4.78 is 19.2. The second kappa shape index (κ2) is 7.04. The van der Waals surface area contributed by atoms with Crippen molar-refractivity contribution in [3.63, 3.8) is 0 Å². The fourth-order valence-corrected chi connectivity index (χ4v) is 3.04. The van der Waals surface area contributed by atoms with E-state index >= 15 is 0 Å². The molecule has 0 aromatic heterocycles. The SMILES string of the molecule is C=CCN(C[C@H]1CCc2c1ccc(F)c2C#N)C(=O)OC(C)(C)C. The molecule has 24 heavy (non-hydrogen) atoms. The fraction of sp³-hybridized carbons (Fsp3) is 0.474. The van der Waals surface area contributed by atoms with E-state index in [0.29, 0.717) is 19.5 Å². The molecule has 2 rings (SSSR count). The first-order valence-corrected chi connectivity index (χ1v) is 8.07. The number of carbonyl (C=O) groups excluding carboxylic acids is 1. The van der Waals surface area contributed by atoms with Crippen molar-refractivity contribution in [2.24, 2.45) is 0 Å². The van der Waals surface area contributed by atoms with E-state index in [1.54, 1.807) is 17.0 Å². The number of ether oxygens (including phenoxy) is 1. The smallest absolute Gasteiger partial charge is 0.410 e. The van der Waals surface area contributed by atoms with Gasteiger partial charge in [0.1, 0.15) is 17.5 Å². The number of hydrogen-bond donors (Lipinski definition) is 0. The average Bonchev–Trinajstić information content (AvgIpc) is 2.88. The minimum atomic E-state index is -0.568. The van der Waals surface area contributed by atoms with Crippen molar-refractivity contribution in [1.29, 1.82) is 5.26 Å². The maximum absolute atomic E-state index is 13.7. The maximum Gasteiger partial charge on any atom is 0.410 e. The molecular formula is C19H23FN2O2. The first kappa shape index (κ1) is 18.0. The highest BCUT2D eigenvalue weighted by Gasteiger charge is 2.30. The van der Waals surface area contributed by atoms with Crippen molar-refractivity contribution in [2.75, 3.05) is 13.1 Å². The van der Waals surface area contributed by atoms with E-state index in [1.165, 1.54) is 6.07 Å². The molecule has 0 saturated heterocycles. The lowest BCUT2D eigenvalue weighted by Crippen LogP contribution is -2.39. The van der Waals surface area contributed by atoms with Crippen LogP contribution in [0.3, 0.4) is 0 Å². The van der Waals surface area contributed by atoms with Crippen molar-refractivity contribution in [3.05, 3.63) is 47.3 Å². The van der Waals surface area contributed by atoms with Crippen molar-refractivity contribution in [3.8, 4) is 6.07 Å². The number of halogens is 1. The molecule has 5 heteroatoms. The molecule has 0 N–H and O–H groups in total. The van der Waals surface area contributed by atoms with Crippen LogP contribution in [0, 0.1) is 17.1 Å². The van der Waals surface area contributed by atoms with Crippen molar-refractivity contribution < 1.29 is 13.9 Å². The van der Waals surface area contributed by atoms with Crippen molar-refractivity contribution in [1.82, 2.24) is 4.90 Å². The molecule has 0 aliphatic heterocycles. The molecule has 1 atom stereocenters. The molecule has 128 valence electrons. The lowest BCUT2D eigenvalue weighted by molar-refractivity contribution is 0.0261. The van der Waals surface area contributed by atoms with Crippen LogP contribution in [-0.4, -0.2) is 29.7 Å². The summed E-state index contributed by atoms with van der Waals surface area (Å²) in [6.07, 6.45) is 2.70. The van der Waals surface area contributed by atoms with Crippen LogP contribution < -0.4 is 0 Å². The average molecular weight is 330 g/mol. The van der Waals surface area contributed by atoms with E-state index in [1.807, 2.05) is 26.8 Å². The molecule has 0 radical (unpaired) electrons. The predicted octanol–water partition coefficient (Wildman–Crippen LogP) is 4.15. The Balaban J connectivity index is 2.20. The topological polar surface area (TPSA) is 53.3 Å². The Hall–Kier alpha value is -2.35. The number of nitrogens with zero attached hydrogens (tertiary/aromatic N) is 2. The lowest BCUT2D eigenvalue weighted by atomic mass is 9.98. The number of carbonyl (C=O) groups is 1. The molecule has 1 aromatic carbocycles. The molecule has 1 amide bonds. The zero-order valence-corrected chi connectivity index (χ0v) is 14.4. The van der Waals surface area contributed by atoms with Gasteiger partial charge in [-0.2, -0.15) is 5.26 Å². The molecule has 1 aliphatic rings. The van der Waals surface area contributed by atoms with Crippen molar-refractivity contribution in [2.45, 2.75) is 45.1 Å². The van der Waals surface area contributed by atoms with Crippen LogP contribution in [0.5, 0.6) is 0 Å². The van der Waals surface area contributed by atoms with Gasteiger partial charge in [0.25, 0.3) is 0 Å². The van der Waals surface area contributed by atoms with E-state index < -0.39 is 17.5 Å². The van der Waals surface area contributed by atoms with Crippen LogP contribution in [-0.2, 0) is 11.2 Å². The van der Waals surface area contributed by atoms with Crippen LogP contribution >= 0.6 is 0 Å². The van der Waals surface area contributed by atoms with Crippen LogP contribution in [0.15, 0.2) is 24.8 Å². The van der Waals surface area contributed by atoms with Gasteiger partial charge in [-0.1, -0.05) is 12.1 Å². The zero-order chi connectivity index (χ0) is 17.9. The van der Waals surface area contributed by atoms with E-state index in [-0.39, 0.29) is 11.5 Å². The minimum absolute atomic E-state index is 0.0696. The quantitative estimate of drug-likeness (QED) is 0.779. The second-order valence-corrected chi connectivity index (χ2v) is 7.01. The first-order valence-electron chi connectivity index (χ1n) is 8.07. The number of hydrogen-bond acceptors (Lipinski definition) is 3. The lowest BCUT2D eigenvalue weighted by Gasteiger charge is -2.28. The third-order valence-corrected chi connectivity index (χ3v) is 4.03. The van der Waals surface area contributed by atoms with Gasteiger partial charge in [0.05, 0.1) is 5.56 Å². The summed E-state index contributed by atoms with van der Waals surface area (Å²) >= 11 is 0. The van der Waals surface area contributed by atoms with Gasteiger partial charge in [0, 0.05) is 19.0 Å². The molecule has 0 spiro atoms. The standard InChI is InChI=1S/C19H23FN2O2/c1-5-10-22(18(23)24-19(2,3)4)12-13-6-7-15-14(13)8-9-17(20)16(15)11-21/h5,8-9,13H,1,6-7,10,12H2,2-4H3/t13-/m1/s1. The van der Waals surface area contributed by atoms with Gasteiger partial charge in [-0.05, 0) is 50.8 Å². The summed E-state index contributed by atoms with van der Waals surface area (Å²) in [5, 5.41) is 9.16. The second-order valence-electron chi connectivity index (χ2n) is 7.01. The number of fused-ring (bicyclic) bond motifs is 1. The Labute approximate surface area is 142 Å². The predicted molar refractivity (Wildman–Crippen MR) is 90.2 cm³/mol. The summed E-state index contributed by atoms with van der Waals surface area (Å²) in [4.78, 5) is 14.0. The van der Waals surface area contributed by atoms with E-state index in [9.17, 15) is 9.18 Å². The molecule has 0 unspecified atom stereocenters. The van der Waals surface area contributed by atoms with E-state index in [2.05, 4.69) is 6.58 Å². The van der Waals surface area contributed by atoms with Crippen LogP contribution in [0.25, 0.3) is 0 Å². The Bertz CT molecular complexity index is 686. The Kier molecular flexibility index (Phi) is 5.28. The van der Waals surface area contributed by atoms with Crippen molar-refractivity contribution >= 4 is 6.09 Å². The molecule has 0 fully saturated rings. The molecular weight excluding hydrogens is 307 g/mol. The number of nitriles is 1. The highest BCUT2D eigenvalue weighted by Crippen LogP contribution is 2.36. The van der Waals surface area contributed by atoms with Crippen LogP contribution in [0.2, 0.25) is 0 Å². The molecule has 0 heterocycles. The maximum atomic E-state index is 13.7. The molecule has 1 aliphatic carbocycles. The number of rotatable bonds is 4. The highest BCUT2D eigenvalue weighted by molar-refractivity contribution is 5.68. The van der Waals surface area contributed by atoms with Gasteiger partial charge < -0.3 is 9.64 Å². The molecule has 0 saturated carbocycles. The van der Waals surface area contributed by atoms with E-state index in [4.69, 9.17) is 10.00 Å². The van der Waals surface area contributed by atoms with Gasteiger partial charge in [-0.25, -0.2) is 9.18 Å². The highest BCUT2D eigenvalue weighted by atomic mass is 19.1. The van der Waals surface area contributed by atoms with Crippen LogP contribution in [0.1, 0.15) is 49.8 Å². The Morgan fingerprint density at radius 1 is 1.54 bits per heavy atom. The molecule has 0 bridgehead atoms. The zero-order valence-electron chi connectivity index (χ0n) is 14.4. The third-order valence-electron chi connectivity index (χ3n) is 4.03. The molecule has 4 nitrogen and oxygen atoms in total. The third kappa shape index (κ3) is 3.94. The summed E-state index contributed by atoms with van der Waals surface area (Å²) in [7, 11) is 0. The van der Waals surface area contributed by atoms with Gasteiger partial charge in [-0.3, -0.25) is 0 Å². The van der Waals surface area contributed by atoms with E-state index in [0.717, 1.165) is 17.5 Å². The minimum Gasteiger partial charge on any atom is -0.444 e. The number of benzene rings is 1. The van der Waals surface area contributed by atoms with Crippen LogP contribution in [0.4, 0.5) is 9.18 Å². The largest absolute Gasteiger partial charge is 0.444 e. The van der Waals surface area contributed by atoms with Gasteiger partial charge in [0.15, 0.2) is 0 Å². The normalized spacial score (nSPS) is 16.2. The van der Waals surface area contributed by atoms with Gasteiger partial charge in [-0.15, -0.1) is 6.58 Å². The van der Waals surface area contributed by atoms with Gasteiger partial charge >= 0.3 is 6.09 Å². The Morgan fingerprint density at radius 2 is 2.25 bits per heavy atom. The van der Waals surface area contributed by atoms with Gasteiger partial charge in [0.2, 0.25) is 0 Å². The summed E-state index contributed by atoms with van der Waals surface area (Å²) in [5.74, 6) is -0.410. The summed E-state index contributed by atoms with van der Waals surface area (Å²) in [6, 6.07) is 5.01. The molecule has 1 aromatic rings. The summed E-state index contributed by atoms with van der Waals surface area (Å²) in [6.45, 7) is 10.0. The first-order chi connectivity index (χ1) is 11.3. The monoisotopic (exact) mass is 330 g/mol. The fourth-order valence-electron chi connectivity index (χ4n) is 3.04.